The summed E-state index contributed by atoms with van der Waals surface area (Å²) in [5.74, 6) is 0.189. The van der Waals surface area contributed by atoms with Crippen LogP contribution >= 0.6 is 0 Å². The van der Waals surface area contributed by atoms with Crippen molar-refractivity contribution in [2.24, 2.45) is 5.73 Å². The monoisotopic (exact) mass is 532 g/mol. The van der Waals surface area contributed by atoms with E-state index >= 15 is 0 Å². The van der Waals surface area contributed by atoms with Crippen LogP contribution in [-0.2, 0) is 6.54 Å². The van der Waals surface area contributed by atoms with Crippen molar-refractivity contribution in [1.82, 2.24) is 34.4 Å². The molecule has 12 nitrogen and oxygen atoms in total. The van der Waals surface area contributed by atoms with E-state index in [1.54, 1.807) is 29.2 Å². The molecule has 1 aromatic carbocycles. The van der Waals surface area contributed by atoms with E-state index in [2.05, 4.69) is 25.3 Å². The Kier molecular flexibility index (Phi) is 6.59. The van der Waals surface area contributed by atoms with Gasteiger partial charge in [-0.2, -0.15) is 14.6 Å². The smallest absolute Gasteiger partial charge is 0.251 e. The zero-order chi connectivity index (χ0) is 26.9. The number of nitrogens with one attached hydrogen (secondary N) is 1. The number of hydrogen-bond donors (Lipinski definition) is 3. The Balaban J connectivity index is 1.10. The average Bonchev–Trinajstić information content (AvgIpc) is 3.71. The molecular weight excluding hydrogens is 503 g/mol. The highest BCUT2D eigenvalue weighted by molar-refractivity contribution is 5.94. The van der Waals surface area contributed by atoms with Crippen LogP contribution in [0.3, 0.4) is 0 Å². The second-order valence-electron chi connectivity index (χ2n) is 9.42. The Morgan fingerprint density at radius 1 is 1.13 bits per heavy atom. The van der Waals surface area contributed by atoms with E-state index in [9.17, 15) is 9.18 Å². The molecule has 0 saturated carbocycles. The molecule has 1 amide bonds. The molecule has 4 aromatic heterocycles. The lowest BCUT2D eigenvalue weighted by Gasteiger charge is -2.36. The third-order valence-corrected chi connectivity index (χ3v) is 6.98. The maximum Gasteiger partial charge on any atom is 0.251 e. The number of nitrogens with two attached hydrogens (primary N) is 2. The minimum Gasteiger partial charge on any atom is -0.463 e. The van der Waals surface area contributed by atoms with Gasteiger partial charge >= 0.3 is 0 Å². The molecule has 39 heavy (non-hydrogen) atoms. The first kappa shape index (κ1) is 24.8. The number of aromatic nitrogens is 5. The van der Waals surface area contributed by atoms with Crippen LogP contribution in [0.25, 0.3) is 28.1 Å². The second-order valence-corrected chi connectivity index (χ2v) is 9.42. The van der Waals surface area contributed by atoms with E-state index in [1.807, 2.05) is 27.7 Å². The van der Waals surface area contributed by atoms with Gasteiger partial charge in [0.1, 0.15) is 22.5 Å². The fraction of sp³-hybridized carbons (Fsp3) is 0.308. The standard InChI is InChI=1S/C26H29FN10O2/c27-18-14-17(25(38)30-6-5-28)3-4-20(18)35-10-7-34(8-11-35)9-12-36-16-31-23-21-15-19(22-2-1-13-39-22)33-37(21)26(29)32-24(23)36/h1-4,13-16H,5-12,28H2,(H2,29,32)(H,30,38). The summed E-state index contributed by atoms with van der Waals surface area (Å²) in [6.45, 7) is 5.06. The van der Waals surface area contributed by atoms with Crippen LogP contribution in [0.1, 0.15) is 10.4 Å². The van der Waals surface area contributed by atoms with Gasteiger partial charge in [-0.1, -0.05) is 0 Å². The summed E-state index contributed by atoms with van der Waals surface area (Å²) in [6.07, 6.45) is 3.37. The molecule has 5 aromatic rings. The van der Waals surface area contributed by atoms with E-state index < -0.39 is 5.82 Å². The van der Waals surface area contributed by atoms with Gasteiger partial charge in [-0.25, -0.2) is 9.37 Å². The number of nitrogens with zero attached hydrogens (tertiary/aromatic N) is 7. The van der Waals surface area contributed by atoms with Crippen LogP contribution in [0.4, 0.5) is 16.0 Å². The van der Waals surface area contributed by atoms with Crippen molar-refractivity contribution in [2.45, 2.75) is 6.54 Å². The summed E-state index contributed by atoms with van der Waals surface area (Å²) in [5.41, 5.74) is 15.3. The predicted molar refractivity (Wildman–Crippen MR) is 145 cm³/mol. The number of anilines is 2. The third kappa shape index (κ3) is 4.77. The number of halogens is 1. The Hall–Kier alpha value is -4.49. The molecule has 1 fully saturated rings. The molecule has 202 valence electrons. The zero-order valence-corrected chi connectivity index (χ0v) is 21.3. The first-order valence-corrected chi connectivity index (χ1v) is 12.8. The molecule has 5 N–H and O–H groups in total. The summed E-state index contributed by atoms with van der Waals surface area (Å²) in [4.78, 5) is 25.6. The highest BCUT2D eigenvalue weighted by Gasteiger charge is 2.21. The lowest BCUT2D eigenvalue weighted by molar-refractivity contribution is 0.0954. The summed E-state index contributed by atoms with van der Waals surface area (Å²) in [7, 11) is 0. The van der Waals surface area contributed by atoms with Gasteiger partial charge in [0.15, 0.2) is 11.4 Å². The number of furan rings is 1. The van der Waals surface area contributed by atoms with Crippen molar-refractivity contribution >= 4 is 34.2 Å². The van der Waals surface area contributed by atoms with E-state index in [1.165, 1.54) is 6.07 Å². The molecule has 1 aliphatic rings. The molecule has 0 atom stereocenters. The van der Waals surface area contributed by atoms with Gasteiger partial charge in [0.25, 0.3) is 5.91 Å². The van der Waals surface area contributed by atoms with Crippen LogP contribution < -0.4 is 21.7 Å². The highest BCUT2D eigenvalue weighted by atomic mass is 19.1. The molecule has 13 heteroatoms. The zero-order valence-electron chi connectivity index (χ0n) is 21.3. The Bertz CT molecular complexity index is 1620. The number of imidazole rings is 1. The van der Waals surface area contributed by atoms with Crippen LogP contribution in [0.15, 0.2) is 53.4 Å². The van der Waals surface area contributed by atoms with Gasteiger partial charge in [0.05, 0.1) is 18.3 Å². The van der Waals surface area contributed by atoms with E-state index in [0.717, 1.165) is 30.7 Å². The first-order valence-electron chi connectivity index (χ1n) is 12.8. The molecule has 0 aliphatic carbocycles. The number of rotatable bonds is 8. The quantitative estimate of drug-likeness (QED) is 0.271. The predicted octanol–water partition coefficient (Wildman–Crippen LogP) is 1.57. The molecule has 1 saturated heterocycles. The summed E-state index contributed by atoms with van der Waals surface area (Å²) < 4.78 is 23.9. The van der Waals surface area contributed by atoms with Crippen molar-refractivity contribution in [3.05, 3.63) is 60.4 Å². The van der Waals surface area contributed by atoms with Crippen LogP contribution in [0, 0.1) is 5.82 Å². The van der Waals surface area contributed by atoms with Gasteiger partial charge in [-0.05, 0) is 36.4 Å². The van der Waals surface area contributed by atoms with Crippen molar-refractivity contribution < 1.29 is 13.6 Å². The molecular formula is C26H29FN10O2. The Morgan fingerprint density at radius 2 is 1.97 bits per heavy atom. The molecule has 0 unspecified atom stereocenters. The highest BCUT2D eigenvalue weighted by Crippen LogP contribution is 2.26. The van der Waals surface area contributed by atoms with Gasteiger partial charge < -0.3 is 30.7 Å². The fourth-order valence-corrected chi connectivity index (χ4v) is 4.92. The van der Waals surface area contributed by atoms with Gasteiger partial charge in [0.2, 0.25) is 5.95 Å². The van der Waals surface area contributed by atoms with Crippen molar-refractivity contribution in [2.75, 3.05) is 56.4 Å². The molecule has 0 radical (unpaired) electrons. The van der Waals surface area contributed by atoms with Gasteiger partial charge in [0, 0.05) is 57.9 Å². The maximum atomic E-state index is 14.8. The van der Waals surface area contributed by atoms with Crippen molar-refractivity contribution in [1.29, 1.82) is 0 Å². The molecule has 1 aliphatic heterocycles. The molecule has 0 spiro atoms. The largest absolute Gasteiger partial charge is 0.463 e. The fourth-order valence-electron chi connectivity index (χ4n) is 4.92. The average molecular weight is 533 g/mol. The molecule has 6 rings (SSSR count). The minimum atomic E-state index is -0.404. The maximum absolute atomic E-state index is 14.8. The van der Waals surface area contributed by atoms with Crippen molar-refractivity contribution in [3.63, 3.8) is 0 Å². The van der Waals surface area contributed by atoms with Crippen LogP contribution in [-0.4, -0.2) is 80.8 Å². The molecule has 0 bridgehead atoms. The normalized spacial score (nSPS) is 14.5. The Labute approximate surface area is 223 Å². The number of fused-ring (bicyclic) bond motifs is 3. The van der Waals surface area contributed by atoms with Gasteiger partial charge in [-0.3, -0.25) is 9.69 Å². The van der Waals surface area contributed by atoms with E-state index in [4.69, 9.17) is 15.9 Å². The molecule has 5 heterocycles. The number of carbonyl (C=O) groups is 1. The number of piperazine rings is 1. The van der Waals surface area contributed by atoms with E-state index in [-0.39, 0.29) is 17.4 Å². The lowest BCUT2D eigenvalue weighted by atomic mass is 10.1. The number of nitrogen functional groups attached to an aromatic ring is 1. The number of benzene rings is 1. The number of carbonyl (C=O) groups excluding carboxylic acids is 1. The third-order valence-electron chi connectivity index (χ3n) is 6.98. The summed E-state index contributed by atoms with van der Waals surface area (Å²) in [6, 6.07) is 10.1. The number of amides is 1. The van der Waals surface area contributed by atoms with Crippen LogP contribution in [0.2, 0.25) is 0 Å². The topological polar surface area (TPSA) is 149 Å². The SMILES string of the molecule is NCCNC(=O)c1ccc(N2CCN(CCn3cnc4c3nc(N)n3nc(-c5ccco5)cc43)CC2)c(F)c1. The minimum absolute atomic E-state index is 0.274. The first-order chi connectivity index (χ1) is 19.0. The Morgan fingerprint density at radius 3 is 2.72 bits per heavy atom. The van der Waals surface area contributed by atoms with Crippen LogP contribution in [0.5, 0.6) is 0 Å². The lowest BCUT2D eigenvalue weighted by Crippen LogP contribution is -2.47. The van der Waals surface area contributed by atoms with Crippen molar-refractivity contribution in [3.8, 4) is 11.5 Å². The van der Waals surface area contributed by atoms with Gasteiger partial charge in [-0.15, -0.1) is 0 Å². The number of hydrogen-bond acceptors (Lipinski definition) is 9. The van der Waals surface area contributed by atoms with E-state index in [0.29, 0.717) is 55.5 Å². The second kappa shape index (κ2) is 10.3. The summed E-state index contributed by atoms with van der Waals surface area (Å²) in [5, 5.41) is 7.18. The summed E-state index contributed by atoms with van der Waals surface area (Å²) >= 11 is 0.